The third-order valence-corrected chi connectivity index (χ3v) is 4.71. The van der Waals surface area contributed by atoms with Crippen LogP contribution in [0.25, 0.3) is 22.6 Å². The maximum atomic E-state index is 12.2. The summed E-state index contributed by atoms with van der Waals surface area (Å²) >= 11 is 0. The molecule has 0 spiro atoms. The molecule has 1 aromatic carbocycles. The van der Waals surface area contributed by atoms with E-state index < -0.39 is 0 Å². The molecule has 0 aliphatic rings. The molecule has 4 rings (SSSR count). The molecule has 0 aliphatic carbocycles. The zero-order valence-corrected chi connectivity index (χ0v) is 17.3. The molecule has 4 aromatic rings. The van der Waals surface area contributed by atoms with Crippen molar-refractivity contribution in [3.63, 3.8) is 0 Å². The summed E-state index contributed by atoms with van der Waals surface area (Å²) in [6.45, 7) is 3.74. The highest BCUT2D eigenvalue weighted by Gasteiger charge is 2.13. The van der Waals surface area contributed by atoms with E-state index in [4.69, 9.17) is 9.72 Å². The monoisotopic (exact) mass is 416 g/mol. The van der Waals surface area contributed by atoms with E-state index in [1.165, 1.54) is 0 Å². The van der Waals surface area contributed by atoms with Gasteiger partial charge >= 0.3 is 6.03 Å². The molecular formula is C23H24N6O2. The quantitative estimate of drug-likeness (QED) is 0.422. The third kappa shape index (κ3) is 4.98. The van der Waals surface area contributed by atoms with Crippen LogP contribution in [-0.4, -0.2) is 38.7 Å². The molecule has 2 N–H and O–H groups in total. The van der Waals surface area contributed by atoms with Gasteiger partial charge in [0, 0.05) is 42.9 Å². The van der Waals surface area contributed by atoms with Gasteiger partial charge in [0.25, 0.3) is 0 Å². The molecule has 0 aliphatic heterocycles. The summed E-state index contributed by atoms with van der Waals surface area (Å²) < 4.78 is 7.49. The molecule has 3 heterocycles. The third-order valence-electron chi connectivity index (χ3n) is 4.71. The minimum absolute atomic E-state index is 0.243. The van der Waals surface area contributed by atoms with Gasteiger partial charge in [-0.15, -0.1) is 0 Å². The molecule has 2 amide bonds. The highest BCUT2D eigenvalue weighted by molar-refractivity contribution is 5.89. The van der Waals surface area contributed by atoms with Crippen molar-refractivity contribution in [1.82, 2.24) is 24.8 Å². The Hall–Kier alpha value is -3.94. The van der Waals surface area contributed by atoms with E-state index in [2.05, 4.69) is 25.2 Å². The van der Waals surface area contributed by atoms with Crippen LogP contribution in [0, 0.1) is 0 Å². The van der Waals surface area contributed by atoms with E-state index in [0.717, 1.165) is 34.7 Å². The van der Waals surface area contributed by atoms with Gasteiger partial charge in [0.05, 0.1) is 6.61 Å². The number of carbonyl (C=O) groups excluding carboxylic acids is 1. The van der Waals surface area contributed by atoms with E-state index in [1.54, 1.807) is 18.6 Å². The topological polar surface area (TPSA) is 94.0 Å². The summed E-state index contributed by atoms with van der Waals surface area (Å²) in [5.41, 5.74) is 3.36. The van der Waals surface area contributed by atoms with Gasteiger partial charge < -0.3 is 19.9 Å². The second-order valence-corrected chi connectivity index (χ2v) is 6.86. The SMILES string of the molecule is CCOc1ccc(NC(=O)NCCCn2c(-c3ccncc3)nc3cccnc32)cc1. The molecule has 31 heavy (non-hydrogen) atoms. The number of hydrogen-bond donors (Lipinski definition) is 2. The van der Waals surface area contributed by atoms with Gasteiger partial charge in [-0.3, -0.25) is 4.98 Å². The van der Waals surface area contributed by atoms with E-state index >= 15 is 0 Å². The first-order chi connectivity index (χ1) is 15.2. The van der Waals surface area contributed by atoms with Crippen molar-refractivity contribution in [3.8, 4) is 17.1 Å². The van der Waals surface area contributed by atoms with Gasteiger partial charge in [-0.2, -0.15) is 0 Å². The molecule has 0 bridgehead atoms. The summed E-state index contributed by atoms with van der Waals surface area (Å²) in [4.78, 5) is 25.5. The lowest BCUT2D eigenvalue weighted by Gasteiger charge is -2.11. The molecule has 8 heteroatoms. The highest BCUT2D eigenvalue weighted by atomic mass is 16.5. The molecule has 3 aromatic heterocycles. The molecule has 0 atom stereocenters. The number of rotatable bonds is 8. The van der Waals surface area contributed by atoms with Crippen molar-refractivity contribution in [2.75, 3.05) is 18.5 Å². The lowest BCUT2D eigenvalue weighted by atomic mass is 10.2. The predicted molar refractivity (Wildman–Crippen MR) is 120 cm³/mol. The normalized spacial score (nSPS) is 10.7. The molecule has 0 unspecified atom stereocenters. The number of aryl methyl sites for hydroxylation is 1. The molecule has 158 valence electrons. The number of ether oxygens (including phenoxy) is 1. The van der Waals surface area contributed by atoms with Crippen LogP contribution in [0.3, 0.4) is 0 Å². The van der Waals surface area contributed by atoms with E-state index in [9.17, 15) is 4.79 Å². The summed E-state index contributed by atoms with van der Waals surface area (Å²) in [7, 11) is 0. The number of nitrogens with zero attached hydrogens (tertiary/aromatic N) is 4. The van der Waals surface area contributed by atoms with Crippen LogP contribution in [0.1, 0.15) is 13.3 Å². The van der Waals surface area contributed by atoms with Crippen molar-refractivity contribution in [1.29, 1.82) is 0 Å². The number of carbonyl (C=O) groups is 1. The van der Waals surface area contributed by atoms with Crippen LogP contribution in [0.4, 0.5) is 10.5 Å². The van der Waals surface area contributed by atoms with Crippen LogP contribution < -0.4 is 15.4 Å². The lowest BCUT2D eigenvalue weighted by Crippen LogP contribution is -2.30. The molecule has 0 saturated carbocycles. The van der Waals surface area contributed by atoms with Crippen LogP contribution in [0.5, 0.6) is 5.75 Å². The highest BCUT2D eigenvalue weighted by Crippen LogP contribution is 2.23. The Bertz CT molecular complexity index is 1140. The van der Waals surface area contributed by atoms with Gasteiger partial charge in [0.1, 0.15) is 17.1 Å². The first-order valence-corrected chi connectivity index (χ1v) is 10.2. The van der Waals surface area contributed by atoms with Gasteiger partial charge in [-0.05, 0) is 61.9 Å². The van der Waals surface area contributed by atoms with Crippen LogP contribution in [0.2, 0.25) is 0 Å². The Morgan fingerprint density at radius 3 is 2.65 bits per heavy atom. The van der Waals surface area contributed by atoms with E-state index in [-0.39, 0.29) is 6.03 Å². The molecule has 0 radical (unpaired) electrons. The fraction of sp³-hybridized carbons (Fsp3) is 0.217. The van der Waals surface area contributed by atoms with E-state index in [0.29, 0.717) is 25.4 Å². The number of hydrogen-bond acceptors (Lipinski definition) is 5. The number of urea groups is 1. The Labute approximate surface area is 180 Å². The first kappa shape index (κ1) is 20.3. The van der Waals surface area contributed by atoms with E-state index in [1.807, 2.05) is 55.5 Å². The molecule has 0 fully saturated rings. The predicted octanol–water partition coefficient (Wildman–Crippen LogP) is 4.10. The van der Waals surface area contributed by atoms with Gasteiger partial charge in [-0.25, -0.2) is 14.8 Å². The minimum atomic E-state index is -0.243. The van der Waals surface area contributed by atoms with Crippen LogP contribution in [-0.2, 0) is 6.54 Å². The number of imidazole rings is 1. The van der Waals surface area contributed by atoms with Crippen LogP contribution in [0.15, 0.2) is 67.1 Å². The average Bonchev–Trinajstić information content (AvgIpc) is 3.17. The number of amides is 2. The summed E-state index contributed by atoms with van der Waals surface area (Å²) in [5.74, 6) is 1.62. The maximum absolute atomic E-state index is 12.2. The van der Waals surface area contributed by atoms with Crippen molar-refractivity contribution in [2.24, 2.45) is 0 Å². The second kappa shape index (κ2) is 9.71. The number of anilines is 1. The average molecular weight is 416 g/mol. The first-order valence-electron chi connectivity index (χ1n) is 10.2. The van der Waals surface area contributed by atoms with Crippen molar-refractivity contribution in [2.45, 2.75) is 19.9 Å². The maximum Gasteiger partial charge on any atom is 0.319 e. The number of benzene rings is 1. The smallest absolute Gasteiger partial charge is 0.319 e. The zero-order chi connectivity index (χ0) is 21.5. The Morgan fingerprint density at radius 1 is 1.06 bits per heavy atom. The number of pyridine rings is 2. The number of nitrogens with one attached hydrogen (secondary N) is 2. The summed E-state index contributed by atoms with van der Waals surface area (Å²) in [5, 5.41) is 5.72. The van der Waals surface area contributed by atoms with Gasteiger partial charge in [-0.1, -0.05) is 0 Å². The summed E-state index contributed by atoms with van der Waals surface area (Å²) in [6, 6.07) is 14.7. The van der Waals surface area contributed by atoms with Gasteiger partial charge in [0.15, 0.2) is 5.65 Å². The van der Waals surface area contributed by atoms with Crippen molar-refractivity contribution < 1.29 is 9.53 Å². The largest absolute Gasteiger partial charge is 0.494 e. The number of aromatic nitrogens is 4. The standard InChI is InChI=1S/C23H24N6O2/c1-2-31-19-8-6-18(7-9-19)27-23(30)26-13-4-16-29-21(17-10-14-24-15-11-17)28-20-5-3-12-25-22(20)29/h3,5-12,14-15H,2,4,13,16H2,1H3,(H2,26,27,30). The molecular weight excluding hydrogens is 392 g/mol. The Balaban J connectivity index is 1.36. The van der Waals surface area contributed by atoms with Crippen molar-refractivity contribution in [3.05, 3.63) is 67.1 Å². The summed E-state index contributed by atoms with van der Waals surface area (Å²) in [6.07, 6.45) is 5.99. The second-order valence-electron chi connectivity index (χ2n) is 6.86. The fourth-order valence-electron chi connectivity index (χ4n) is 3.31. The van der Waals surface area contributed by atoms with Crippen molar-refractivity contribution >= 4 is 22.9 Å². The minimum Gasteiger partial charge on any atom is -0.494 e. The molecule has 0 saturated heterocycles. The zero-order valence-electron chi connectivity index (χ0n) is 17.3. The Morgan fingerprint density at radius 2 is 1.87 bits per heavy atom. The Kier molecular flexibility index (Phi) is 6.37. The molecule has 8 nitrogen and oxygen atoms in total. The number of fused-ring (bicyclic) bond motifs is 1. The lowest BCUT2D eigenvalue weighted by molar-refractivity contribution is 0.252. The van der Waals surface area contributed by atoms with Crippen LogP contribution >= 0.6 is 0 Å². The fourth-order valence-corrected chi connectivity index (χ4v) is 3.31. The van der Waals surface area contributed by atoms with Gasteiger partial charge in [0.2, 0.25) is 0 Å².